The number of hydrogen-bond donors (Lipinski definition) is 1. The Morgan fingerprint density at radius 1 is 1.06 bits per heavy atom. The number of carbonyl (C=O) groups is 2. The molecule has 3 aromatic carbocycles. The summed E-state index contributed by atoms with van der Waals surface area (Å²) in [5, 5.41) is 2.07. The lowest BCUT2D eigenvalue weighted by Gasteiger charge is -2.48. The van der Waals surface area contributed by atoms with Gasteiger partial charge in [0, 0.05) is 19.5 Å². The fourth-order valence-corrected chi connectivity index (χ4v) is 8.89. The third kappa shape index (κ3) is 5.31. The van der Waals surface area contributed by atoms with E-state index in [4.69, 9.17) is 32.7 Å². The second-order valence-corrected chi connectivity index (χ2v) is 14.1. The average Bonchev–Trinajstić information content (AvgIpc) is 3.48. The van der Waals surface area contributed by atoms with Gasteiger partial charge in [0.15, 0.2) is 18.0 Å². The number of nitrogens with one attached hydrogen (secondary N) is 1. The molecule has 0 spiro atoms. The maximum absolute atomic E-state index is 15.7. The molecule has 2 amide bonds. The van der Waals surface area contributed by atoms with E-state index in [9.17, 15) is 26.4 Å². The molecule has 0 aromatic heterocycles. The Kier molecular flexibility index (Phi) is 9.08. The number of aryl methyl sites for hydroxylation is 1. The first-order valence-corrected chi connectivity index (χ1v) is 16.5. The predicted molar refractivity (Wildman–Crippen MR) is 168 cm³/mol. The smallest absolute Gasteiger partial charge is 0.497 e. The van der Waals surface area contributed by atoms with Crippen molar-refractivity contribution in [2.45, 2.75) is 42.4 Å². The van der Waals surface area contributed by atoms with Crippen molar-refractivity contribution in [2.24, 2.45) is 0 Å². The number of quaternary nitrogens is 1. The standard InChI is InChI=1S/C31H29Cl2F4N3O7S/c1-16-6-10-23(46-5)19(12-16)30(40(3)15-17(34)13-22(40)28(41)38-2)26-21(9-8-20(32)27(26)33)39(29(30)42)48(43,44)25-11-7-18(45-4)14-24(25)47-31(35,36)37/h6-12,14,17,22H,13,15H2,1-5H3/p+1/t17-,22+,30?,40?/m1/s1. The summed E-state index contributed by atoms with van der Waals surface area (Å²) in [5.41, 5.74) is -2.38. The van der Waals surface area contributed by atoms with Gasteiger partial charge in [-0.2, -0.15) is 4.31 Å². The van der Waals surface area contributed by atoms with E-state index < -0.39 is 67.6 Å². The molecule has 5 rings (SSSR count). The van der Waals surface area contributed by atoms with Crippen molar-refractivity contribution < 1.29 is 54.3 Å². The summed E-state index contributed by atoms with van der Waals surface area (Å²) >= 11 is 13.4. The molecule has 0 bridgehead atoms. The number of rotatable bonds is 8. The van der Waals surface area contributed by atoms with Gasteiger partial charge in [-0.05, 0) is 43.3 Å². The average molecular weight is 736 g/mol. The number of carbonyl (C=O) groups excluding carboxylic acids is 2. The highest BCUT2D eigenvalue weighted by molar-refractivity contribution is 7.93. The molecule has 3 aromatic rings. The van der Waals surface area contributed by atoms with Crippen LogP contribution >= 0.6 is 23.2 Å². The second-order valence-electron chi connectivity index (χ2n) is 11.5. The van der Waals surface area contributed by atoms with Crippen LogP contribution in [0.2, 0.25) is 10.0 Å². The molecule has 1 N–H and O–H groups in total. The largest absolute Gasteiger partial charge is 0.573 e. The minimum atomic E-state index is -5.34. The fraction of sp³-hybridized carbons (Fsp3) is 0.355. The molecule has 0 radical (unpaired) electrons. The van der Waals surface area contributed by atoms with Gasteiger partial charge in [-0.3, -0.25) is 14.1 Å². The monoisotopic (exact) mass is 734 g/mol. The number of sulfonamides is 1. The highest BCUT2D eigenvalue weighted by Crippen LogP contribution is 2.60. The number of fused-ring (bicyclic) bond motifs is 1. The number of nitrogens with zero attached hydrogens (tertiary/aromatic N) is 2. The van der Waals surface area contributed by atoms with E-state index in [1.165, 1.54) is 45.5 Å². The first-order chi connectivity index (χ1) is 22.4. The zero-order valence-electron chi connectivity index (χ0n) is 26.1. The van der Waals surface area contributed by atoms with Gasteiger partial charge in [-0.15, -0.1) is 13.2 Å². The lowest BCUT2D eigenvalue weighted by Crippen LogP contribution is -2.69. The Morgan fingerprint density at radius 2 is 1.75 bits per heavy atom. The molecule has 4 atom stereocenters. The highest BCUT2D eigenvalue weighted by atomic mass is 35.5. The predicted octanol–water partition coefficient (Wildman–Crippen LogP) is 5.50. The van der Waals surface area contributed by atoms with Gasteiger partial charge < -0.3 is 19.5 Å². The third-order valence-electron chi connectivity index (χ3n) is 8.85. The molecular formula is C31H30Cl2F4N3O7S+. The van der Waals surface area contributed by atoms with E-state index in [0.717, 1.165) is 19.2 Å². The Labute approximate surface area is 283 Å². The number of ether oxygens (including phenoxy) is 3. The maximum Gasteiger partial charge on any atom is 0.573 e. The van der Waals surface area contributed by atoms with Gasteiger partial charge in [0.1, 0.15) is 22.9 Å². The fourth-order valence-electron chi connectivity index (χ4n) is 6.88. The number of amides is 2. The van der Waals surface area contributed by atoms with Crippen molar-refractivity contribution >= 4 is 50.7 Å². The molecular weight excluding hydrogens is 705 g/mol. The van der Waals surface area contributed by atoms with E-state index >= 15 is 9.18 Å². The Hall–Kier alpha value is -3.79. The van der Waals surface area contributed by atoms with Gasteiger partial charge in [0.05, 0.1) is 48.1 Å². The minimum Gasteiger partial charge on any atom is -0.497 e. The molecule has 17 heteroatoms. The summed E-state index contributed by atoms with van der Waals surface area (Å²) in [6, 6.07) is 8.35. The minimum absolute atomic E-state index is 0.0186. The zero-order valence-corrected chi connectivity index (χ0v) is 28.4. The van der Waals surface area contributed by atoms with Crippen molar-refractivity contribution in [3.8, 4) is 17.2 Å². The number of likely N-dealkylation sites (N-methyl/N-ethyl adjacent to an activating group) is 2. The molecule has 1 saturated heterocycles. The summed E-state index contributed by atoms with van der Waals surface area (Å²) in [5.74, 6) is -3.24. The van der Waals surface area contributed by atoms with Gasteiger partial charge >= 0.3 is 12.3 Å². The first-order valence-electron chi connectivity index (χ1n) is 14.3. The van der Waals surface area contributed by atoms with Gasteiger partial charge in [0.2, 0.25) is 5.54 Å². The number of anilines is 1. The number of hydrogen-bond acceptors (Lipinski definition) is 7. The van der Waals surface area contributed by atoms with Crippen LogP contribution in [0.25, 0.3) is 0 Å². The Morgan fingerprint density at radius 3 is 2.35 bits per heavy atom. The number of halogens is 6. The quantitative estimate of drug-likeness (QED) is 0.241. The summed E-state index contributed by atoms with van der Waals surface area (Å²) in [7, 11) is -0.129. The SMILES string of the molecule is CNC(=O)[C@@H]1C[C@@H](F)C[N+]1(C)C1(c2cc(C)ccc2OC)C(=O)N(S(=O)(=O)c2ccc(OC)cc2OC(F)(F)F)c2ccc(Cl)c(Cl)c21. The van der Waals surface area contributed by atoms with Crippen LogP contribution in [0.3, 0.4) is 0 Å². The molecule has 258 valence electrons. The van der Waals surface area contributed by atoms with E-state index in [2.05, 4.69) is 10.1 Å². The van der Waals surface area contributed by atoms with Crippen LogP contribution in [0, 0.1) is 6.92 Å². The first kappa shape index (κ1) is 35.5. The summed E-state index contributed by atoms with van der Waals surface area (Å²) < 4.78 is 100. The van der Waals surface area contributed by atoms with Crippen LogP contribution in [0.15, 0.2) is 53.4 Å². The highest BCUT2D eigenvalue weighted by Gasteiger charge is 2.73. The van der Waals surface area contributed by atoms with Crippen molar-refractivity contribution in [1.29, 1.82) is 0 Å². The van der Waals surface area contributed by atoms with Gasteiger partial charge in [0.25, 0.3) is 15.9 Å². The van der Waals surface area contributed by atoms with E-state index in [-0.39, 0.29) is 44.8 Å². The summed E-state index contributed by atoms with van der Waals surface area (Å²) in [6.45, 7) is 1.20. The van der Waals surface area contributed by atoms with Crippen LogP contribution in [0.4, 0.5) is 23.2 Å². The summed E-state index contributed by atoms with van der Waals surface area (Å²) in [6.07, 6.45) is -7.36. The van der Waals surface area contributed by atoms with Crippen LogP contribution in [-0.2, 0) is 25.2 Å². The van der Waals surface area contributed by atoms with E-state index in [1.54, 1.807) is 13.0 Å². The number of likely N-dealkylation sites (tertiary alicyclic amines) is 1. The van der Waals surface area contributed by atoms with Crippen LogP contribution < -0.4 is 23.8 Å². The lowest BCUT2D eigenvalue weighted by atomic mass is 9.78. The molecule has 2 heterocycles. The molecule has 2 aliphatic rings. The van der Waals surface area contributed by atoms with Crippen LogP contribution in [0.5, 0.6) is 17.2 Å². The van der Waals surface area contributed by atoms with E-state index in [0.29, 0.717) is 15.9 Å². The normalized spacial score (nSPS) is 24.0. The molecule has 48 heavy (non-hydrogen) atoms. The van der Waals surface area contributed by atoms with Gasteiger partial charge in [-0.1, -0.05) is 34.8 Å². The molecule has 2 unspecified atom stereocenters. The Bertz CT molecular complexity index is 1930. The van der Waals surface area contributed by atoms with Crippen molar-refractivity contribution in [3.05, 3.63) is 75.3 Å². The zero-order chi connectivity index (χ0) is 35.6. The summed E-state index contributed by atoms with van der Waals surface area (Å²) in [4.78, 5) is 27.9. The number of benzene rings is 3. The molecule has 2 aliphatic heterocycles. The maximum atomic E-state index is 15.7. The van der Waals surface area contributed by atoms with Crippen LogP contribution in [-0.4, -0.2) is 78.2 Å². The third-order valence-corrected chi connectivity index (χ3v) is 11.4. The topological polar surface area (TPSA) is 111 Å². The van der Waals surface area contributed by atoms with Crippen LogP contribution in [0.1, 0.15) is 23.1 Å². The molecule has 10 nitrogen and oxygen atoms in total. The Balaban J connectivity index is 1.95. The second kappa shape index (κ2) is 12.3. The number of alkyl halides is 4. The van der Waals surface area contributed by atoms with E-state index in [1.807, 2.05) is 0 Å². The number of methoxy groups -OCH3 is 2. The molecule has 1 fully saturated rings. The van der Waals surface area contributed by atoms with Gasteiger partial charge in [-0.25, -0.2) is 12.8 Å². The molecule has 0 saturated carbocycles. The van der Waals surface area contributed by atoms with Crippen molar-refractivity contribution in [1.82, 2.24) is 5.32 Å². The lowest BCUT2D eigenvalue weighted by molar-refractivity contribution is -0.953. The molecule has 0 aliphatic carbocycles. The van der Waals surface area contributed by atoms with Crippen molar-refractivity contribution in [2.75, 3.05) is 39.2 Å². The van der Waals surface area contributed by atoms with Crippen molar-refractivity contribution in [3.63, 3.8) is 0 Å².